The van der Waals surface area contributed by atoms with Crippen molar-refractivity contribution in [2.45, 2.75) is 108 Å². The Morgan fingerprint density at radius 3 is 1.61 bits per heavy atom. The van der Waals surface area contributed by atoms with Crippen LogP contribution in [0.5, 0.6) is 0 Å². The van der Waals surface area contributed by atoms with Gasteiger partial charge in [-0.25, -0.2) is 0 Å². The van der Waals surface area contributed by atoms with Crippen LogP contribution in [-0.2, 0) is 0 Å². The number of rotatable bonds is 4. The van der Waals surface area contributed by atoms with E-state index in [1.807, 2.05) is 0 Å². The first-order chi connectivity index (χ1) is 13.9. The Morgan fingerprint density at radius 2 is 1.11 bits per heavy atom. The van der Waals surface area contributed by atoms with Crippen LogP contribution in [0, 0.1) is 0 Å². The number of benzene rings is 1. The number of hydrogen-bond acceptors (Lipinski definition) is 2. The molecule has 5 rings (SSSR count). The second-order valence-corrected chi connectivity index (χ2v) is 23.1. The van der Waals surface area contributed by atoms with Crippen molar-refractivity contribution < 1.29 is 0 Å². The van der Waals surface area contributed by atoms with Gasteiger partial charge in [0.2, 0.25) is 0 Å². The molecule has 3 saturated carbocycles. The molecule has 3 fully saturated rings. The van der Waals surface area contributed by atoms with E-state index >= 15 is 0 Å². The number of fused-ring (bicyclic) bond motifs is 1. The first kappa shape index (κ1) is 19.4. The van der Waals surface area contributed by atoms with Crippen molar-refractivity contribution in [3.05, 3.63) is 24.3 Å². The fourth-order valence-electron chi connectivity index (χ4n) is 7.37. The molecule has 0 saturated heterocycles. The molecule has 0 unspecified atom stereocenters. The fraction of sp³-hybridized carbons (Fsp3) is 0.750. The number of hydrogen-bond donors (Lipinski definition) is 0. The van der Waals surface area contributed by atoms with E-state index < -0.39 is 18.7 Å². The van der Waals surface area contributed by atoms with Crippen molar-refractivity contribution in [3.63, 3.8) is 0 Å². The van der Waals surface area contributed by atoms with Gasteiger partial charge in [0.15, 0.2) is 0 Å². The molecule has 3 aliphatic rings. The molecule has 2 aromatic rings. The standard InChI is InChI=1S/C6H4N3.3C6H11.Sn/c1-2-4-6-5(3-1)7-9-8-6;3*1-2-4-6-5-3-1;/h1-4H;3*1H,2-6H2;/q-1;;;;+1. The minimum absolute atomic E-state index is 0.999. The van der Waals surface area contributed by atoms with Crippen LogP contribution in [0.4, 0.5) is 0 Å². The average molecular weight is 486 g/mol. The van der Waals surface area contributed by atoms with Crippen LogP contribution in [-0.4, -0.2) is 31.9 Å². The summed E-state index contributed by atoms with van der Waals surface area (Å²) >= 11 is -2.88. The Hall–Kier alpha value is -0.581. The zero-order chi connectivity index (χ0) is 18.8. The van der Waals surface area contributed by atoms with E-state index in [0.717, 1.165) is 17.3 Å². The van der Waals surface area contributed by atoms with Gasteiger partial charge in [0.1, 0.15) is 0 Å². The normalized spacial score (nSPS) is 24.0. The predicted molar refractivity (Wildman–Crippen MR) is 119 cm³/mol. The molecular weight excluding hydrogens is 449 g/mol. The van der Waals surface area contributed by atoms with E-state index in [2.05, 4.69) is 27.2 Å². The zero-order valence-electron chi connectivity index (χ0n) is 17.5. The van der Waals surface area contributed by atoms with Crippen LogP contribution >= 0.6 is 0 Å². The monoisotopic (exact) mass is 487 g/mol. The molecular formula is C24H37N3Sn. The van der Waals surface area contributed by atoms with E-state index in [1.165, 1.54) is 102 Å². The van der Waals surface area contributed by atoms with Crippen molar-refractivity contribution >= 4 is 29.7 Å². The van der Waals surface area contributed by atoms with Gasteiger partial charge in [0.05, 0.1) is 0 Å². The molecule has 0 bridgehead atoms. The predicted octanol–water partition coefficient (Wildman–Crippen LogP) is 7.23. The van der Waals surface area contributed by atoms with E-state index in [1.54, 1.807) is 0 Å². The molecule has 28 heavy (non-hydrogen) atoms. The van der Waals surface area contributed by atoms with Crippen LogP contribution in [0.2, 0.25) is 11.8 Å². The number of aromatic nitrogens is 3. The molecule has 0 N–H and O–H groups in total. The van der Waals surface area contributed by atoms with Crippen LogP contribution < -0.4 is 0 Å². The summed E-state index contributed by atoms with van der Waals surface area (Å²) in [4.78, 5) is 0. The van der Waals surface area contributed by atoms with E-state index in [0.29, 0.717) is 0 Å². The SMILES string of the molecule is c1ccc2c(c1)nn[n]2[Sn]([CH]1CCCCC1)([CH]1CCCCC1)[CH]1CCCCC1. The molecule has 152 valence electrons. The third-order valence-corrected chi connectivity index (χ3v) is 27.7. The molecule has 0 aliphatic heterocycles. The Morgan fingerprint density at radius 1 is 0.643 bits per heavy atom. The van der Waals surface area contributed by atoms with Gasteiger partial charge in [0.25, 0.3) is 0 Å². The molecule has 0 radical (unpaired) electrons. The van der Waals surface area contributed by atoms with Gasteiger partial charge < -0.3 is 0 Å². The van der Waals surface area contributed by atoms with Crippen LogP contribution in [0.1, 0.15) is 96.3 Å². The summed E-state index contributed by atoms with van der Waals surface area (Å²) < 4.78 is 5.73. The number of nitrogens with zero attached hydrogens (tertiary/aromatic N) is 3. The van der Waals surface area contributed by atoms with Gasteiger partial charge in [-0.05, 0) is 0 Å². The Bertz CT molecular complexity index is 721. The van der Waals surface area contributed by atoms with Crippen molar-refractivity contribution in [2.24, 2.45) is 0 Å². The quantitative estimate of drug-likeness (QED) is 0.427. The minimum atomic E-state index is -2.88. The maximum absolute atomic E-state index is 5.05. The molecule has 0 atom stereocenters. The van der Waals surface area contributed by atoms with Crippen molar-refractivity contribution in [1.82, 2.24) is 13.2 Å². The third-order valence-electron chi connectivity index (χ3n) is 8.50. The second-order valence-electron chi connectivity index (χ2n) is 9.88. The van der Waals surface area contributed by atoms with Gasteiger partial charge in [-0.15, -0.1) is 0 Å². The molecule has 4 heteroatoms. The van der Waals surface area contributed by atoms with E-state index in [-0.39, 0.29) is 0 Å². The molecule has 1 aromatic heterocycles. The van der Waals surface area contributed by atoms with Crippen LogP contribution in [0.3, 0.4) is 0 Å². The Kier molecular flexibility index (Phi) is 5.99. The first-order valence-electron chi connectivity index (χ1n) is 12.2. The van der Waals surface area contributed by atoms with Gasteiger partial charge in [0, 0.05) is 0 Å². The molecule has 3 aliphatic carbocycles. The van der Waals surface area contributed by atoms with Crippen molar-refractivity contribution in [3.8, 4) is 0 Å². The summed E-state index contributed by atoms with van der Waals surface area (Å²) in [6.07, 6.45) is 22.2. The first-order valence-corrected chi connectivity index (χ1v) is 18.4. The van der Waals surface area contributed by atoms with Crippen LogP contribution in [0.15, 0.2) is 24.3 Å². The van der Waals surface area contributed by atoms with Gasteiger partial charge in [-0.3, -0.25) is 0 Å². The van der Waals surface area contributed by atoms with Crippen LogP contribution in [0.25, 0.3) is 11.0 Å². The number of para-hydroxylation sites is 1. The Labute approximate surface area is 174 Å². The maximum atomic E-state index is 5.05. The molecule has 3 nitrogen and oxygen atoms in total. The van der Waals surface area contributed by atoms with Crippen molar-refractivity contribution in [1.29, 1.82) is 0 Å². The molecule has 0 spiro atoms. The summed E-state index contributed by atoms with van der Waals surface area (Å²) in [5, 5.41) is 9.79. The third kappa shape index (κ3) is 3.33. The van der Waals surface area contributed by atoms with Gasteiger partial charge in [-0.2, -0.15) is 0 Å². The fourth-order valence-corrected chi connectivity index (χ4v) is 29.8. The summed E-state index contributed by atoms with van der Waals surface area (Å²) in [6, 6.07) is 8.90. The van der Waals surface area contributed by atoms with E-state index in [4.69, 9.17) is 10.3 Å². The summed E-state index contributed by atoms with van der Waals surface area (Å²) in [7, 11) is 0. The topological polar surface area (TPSA) is 30.7 Å². The summed E-state index contributed by atoms with van der Waals surface area (Å²) in [6.45, 7) is 0. The van der Waals surface area contributed by atoms with Gasteiger partial charge >= 0.3 is 175 Å². The second kappa shape index (κ2) is 8.65. The van der Waals surface area contributed by atoms with E-state index in [9.17, 15) is 0 Å². The summed E-state index contributed by atoms with van der Waals surface area (Å²) in [5.41, 5.74) is 2.53. The molecule has 1 aromatic carbocycles. The van der Waals surface area contributed by atoms with Crippen molar-refractivity contribution in [2.75, 3.05) is 0 Å². The molecule has 0 amide bonds. The van der Waals surface area contributed by atoms with Gasteiger partial charge in [-0.1, -0.05) is 0 Å². The molecule has 1 heterocycles. The Balaban J connectivity index is 1.70. The summed E-state index contributed by atoms with van der Waals surface area (Å²) in [5.74, 6) is 0. The zero-order valence-corrected chi connectivity index (χ0v) is 20.3. The average Bonchev–Trinajstić information content (AvgIpc) is 3.21.